The van der Waals surface area contributed by atoms with Gasteiger partial charge in [0, 0.05) is 13.0 Å². The molecule has 0 saturated heterocycles. The molecule has 0 aliphatic heterocycles. The highest BCUT2D eigenvalue weighted by Gasteiger charge is 2.02. The van der Waals surface area contributed by atoms with Gasteiger partial charge >= 0.3 is 0 Å². The first-order valence-corrected chi connectivity index (χ1v) is 7.21. The third-order valence-corrected chi connectivity index (χ3v) is 3.36. The fourth-order valence-corrected chi connectivity index (χ4v) is 2.13. The number of aryl methyl sites for hydroxylation is 1. The Labute approximate surface area is 126 Å². The zero-order valence-electron chi connectivity index (χ0n) is 12.3. The summed E-state index contributed by atoms with van der Waals surface area (Å²) in [4.78, 5) is 11.8. The van der Waals surface area contributed by atoms with Gasteiger partial charge in [-0.2, -0.15) is 0 Å². The van der Waals surface area contributed by atoms with Crippen LogP contribution in [0.1, 0.15) is 24.0 Å². The van der Waals surface area contributed by atoms with Gasteiger partial charge in [-0.3, -0.25) is 4.79 Å². The van der Waals surface area contributed by atoms with Crippen LogP contribution in [-0.2, 0) is 17.8 Å². The average molecular weight is 283 g/mol. The van der Waals surface area contributed by atoms with Crippen LogP contribution in [0.3, 0.4) is 0 Å². The fourth-order valence-electron chi connectivity index (χ4n) is 2.13. The largest absolute Gasteiger partial charge is 0.497 e. The van der Waals surface area contributed by atoms with Gasteiger partial charge < -0.3 is 10.1 Å². The SMILES string of the molecule is COc1ccc(CCCC(=O)NCc2ccccc2)cc1. The predicted molar refractivity (Wildman–Crippen MR) is 84.2 cm³/mol. The Balaban J connectivity index is 1.66. The predicted octanol–water partition coefficient (Wildman–Crippen LogP) is 3.33. The van der Waals surface area contributed by atoms with Crippen molar-refractivity contribution in [3.05, 3.63) is 65.7 Å². The summed E-state index contributed by atoms with van der Waals surface area (Å²) in [6.45, 7) is 0.599. The highest BCUT2D eigenvalue weighted by molar-refractivity contribution is 5.75. The van der Waals surface area contributed by atoms with Crippen molar-refractivity contribution in [2.45, 2.75) is 25.8 Å². The summed E-state index contributed by atoms with van der Waals surface area (Å²) in [7, 11) is 1.66. The minimum Gasteiger partial charge on any atom is -0.497 e. The quantitative estimate of drug-likeness (QED) is 0.846. The molecule has 2 rings (SSSR count). The van der Waals surface area contributed by atoms with Crippen LogP contribution in [0.15, 0.2) is 54.6 Å². The zero-order valence-corrected chi connectivity index (χ0v) is 12.3. The Kier molecular flexibility index (Phi) is 5.83. The number of hydrogen-bond acceptors (Lipinski definition) is 2. The highest BCUT2D eigenvalue weighted by Crippen LogP contribution is 2.13. The van der Waals surface area contributed by atoms with E-state index in [9.17, 15) is 4.79 Å². The second-order valence-electron chi connectivity index (χ2n) is 4.96. The topological polar surface area (TPSA) is 38.3 Å². The maximum Gasteiger partial charge on any atom is 0.220 e. The van der Waals surface area contributed by atoms with Crippen molar-refractivity contribution >= 4 is 5.91 Å². The summed E-state index contributed by atoms with van der Waals surface area (Å²) in [6, 6.07) is 17.9. The van der Waals surface area contributed by atoms with Crippen molar-refractivity contribution in [1.29, 1.82) is 0 Å². The lowest BCUT2D eigenvalue weighted by molar-refractivity contribution is -0.121. The van der Waals surface area contributed by atoms with Crippen LogP contribution in [0.4, 0.5) is 0 Å². The van der Waals surface area contributed by atoms with Crippen LogP contribution in [-0.4, -0.2) is 13.0 Å². The fraction of sp³-hybridized carbons (Fsp3) is 0.278. The minimum atomic E-state index is 0.104. The monoisotopic (exact) mass is 283 g/mol. The molecule has 0 fully saturated rings. The van der Waals surface area contributed by atoms with Gasteiger partial charge in [-0.15, -0.1) is 0 Å². The van der Waals surface area contributed by atoms with Gasteiger partial charge in [0.1, 0.15) is 5.75 Å². The average Bonchev–Trinajstić information content (AvgIpc) is 2.54. The summed E-state index contributed by atoms with van der Waals surface area (Å²) in [5, 5.41) is 2.94. The number of benzene rings is 2. The van der Waals surface area contributed by atoms with Gasteiger partial charge in [-0.25, -0.2) is 0 Å². The van der Waals surface area contributed by atoms with Crippen LogP contribution in [0.25, 0.3) is 0 Å². The second kappa shape index (κ2) is 8.10. The van der Waals surface area contributed by atoms with Crippen LogP contribution >= 0.6 is 0 Å². The molecule has 0 radical (unpaired) electrons. The molecule has 0 bridgehead atoms. The number of ether oxygens (including phenoxy) is 1. The molecule has 21 heavy (non-hydrogen) atoms. The lowest BCUT2D eigenvalue weighted by atomic mass is 10.1. The molecule has 0 aliphatic rings. The lowest BCUT2D eigenvalue weighted by Crippen LogP contribution is -2.22. The maximum atomic E-state index is 11.8. The number of nitrogens with one attached hydrogen (secondary N) is 1. The Morgan fingerprint density at radius 2 is 1.71 bits per heavy atom. The van der Waals surface area contributed by atoms with Crippen molar-refractivity contribution in [1.82, 2.24) is 5.32 Å². The van der Waals surface area contributed by atoms with Gasteiger partial charge in [-0.1, -0.05) is 42.5 Å². The molecule has 2 aromatic carbocycles. The summed E-state index contributed by atoms with van der Waals surface area (Å²) in [5.74, 6) is 0.965. The van der Waals surface area contributed by atoms with E-state index in [4.69, 9.17) is 4.74 Å². The van der Waals surface area contributed by atoms with Crippen molar-refractivity contribution < 1.29 is 9.53 Å². The van der Waals surface area contributed by atoms with Gasteiger partial charge in [0.2, 0.25) is 5.91 Å². The van der Waals surface area contributed by atoms with Gasteiger partial charge in [0.05, 0.1) is 7.11 Å². The Bertz CT molecular complexity index is 549. The Morgan fingerprint density at radius 1 is 1.00 bits per heavy atom. The molecule has 0 heterocycles. The van der Waals surface area contributed by atoms with Gasteiger partial charge in [0.25, 0.3) is 0 Å². The summed E-state index contributed by atoms with van der Waals surface area (Å²) >= 11 is 0. The van der Waals surface area contributed by atoms with Gasteiger partial charge in [0.15, 0.2) is 0 Å². The van der Waals surface area contributed by atoms with Crippen LogP contribution in [0.2, 0.25) is 0 Å². The molecule has 3 heteroatoms. The number of rotatable bonds is 7. The van der Waals surface area contributed by atoms with Crippen LogP contribution < -0.4 is 10.1 Å². The van der Waals surface area contributed by atoms with E-state index in [-0.39, 0.29) is 5.91 Å². The summed E-state index contributed by atoms with van der Waals surface area (Å²) in [6.07, 6.45) is 2.31. The maximum absolute atomic E-state index is 11.8. The molecule has 0 saturated carbocycles. The van der Waals surface area contributed by atoms with E-state index in [0.29, 0.717) is 13.0 Å². The van der Waals surface area contributed by atoms with E-state index in [1.165, 1.54) is 5.56 Å². The molecule has 1 amide bonds. The molecule has 2 aromatic rings. The van der Waals surface area contributed by atoms with Crippen molar-refractivity contribution in [3.63, 3.8) is 0 Å². The Hall–Kier alpha value is -2.29. The third kappa shape index (κ3) is 5.30. The number of hydrogen-bond donors (Lipinski definition) is 1. The smallest absolute Gasteiger partial charge is 0.220 e. The highest BCUT2D eigenvalue weighted by atomic mass is 16.5. The van der Waals surface area contributed by atoms with E-state index >= 15 is 0 Å². The molecule has 0 atom stereocenters. The summed E-state index contributed by atoms with van der Waals surface area (Å²) < 4.78 is 5.12. The Morgan fingerprint density at radius 3 is 2.38 bits per heavy atom. The molecular formula is C18H21NO2. The van der Waals surface area contributed by atoms with E-state index in [1.54, 1.807) is 7.11 Å². The number of amides is 1. The minimum absolute atomic E-state index is 0.104. The van der Waals surface area contributed by atoms with E-state index in [2.05, 4.69) is 5.32 Å². The first-order valence-electron chi connectivity index (χ1n) is 7.21. The molecule has 0 unspecified atom stereocenters. The van der Waals surface area contributed by atoms with Crippen LogP contribution in [0.5, 0.6) is 5.75 Å². The normalized spacial score (nSPS) is 10.1. The lowest BCUT2D eigenvalue weighted by Gasteiger charge is -2.06. The molecule has 1 N–H and O–H groups in total. The third-order valence-electron chi connectivity index (χ3n) is 3.36. The number of carbonyl (C=O) groups is 1. The van der Waals surface area contributed by atoms with E-state index in [1.807, 2.05) is 54.6 Å². The van der Waals surface area contributed by atoms with Crippen molar-refractivity contribution in [2.24, 2.45) is 0 Å². The molecule has 3 nitrogen and oxygen atoms in total. The summed E-state index contributed by atoms with van der Waals surface area (Å²) in [5.41, 5.74) is 2.35. The molecule has 0 spiro atoms. The second-order valence-corrected chi connectivity index (χ2v) is 4.96. The molecule has 0 aliphatic carbocycles. The first kappa shape index (κ1) is 15.1. The molecular weight excluding hydrogens is 262 g/mol. The van der Waals surface area contributed by atoms with Crippen molar-refractivity contribution in [3.8, 4) is 5.75 Å². The first-order chi connectivity index (χ1) is 10.3. The van der Waals surface area contributed by atoms with Crippen LogP contribution in [0, 0.1) is 0 Å². The zero-order chi connectivity index (χ0) is 14.9. The van der Waals surface area contributed by atoms with E-state index < -0.39 is 0 Å². The van der Waals surface area contributed by atoms with E-state index in [0.717, 1.165) is 24.2 Å². The number of carbonyl (C=O) groups excluding carboxylic acids is 1. The molecule has 110 valence electrons. The van der Waals surface area contributed by atoms with Gasteiger partial charge in [-0.05, 0) is 36.1 Å². The standard InChI is InChI=1S/C18H21NO2/c1-21-17-12-10-15(11-13-17)8-5-9-18(20)19-14-16-6-3-2-4-7-16/h2-4,6-7,10-13H,5,8-9,14H2,1H3,(H,19,20). The molecule has 0 aromatic heterocycles. The number of methoxy groups -OCH3 is 1. The van der Waals surface area contributed by atoms with Crippen molar-refractivity contribution in [2.75, 3.05) is 7.11 Å².